The summed E-state index contributed by atoms with van der Waals surface area (Å²) in [5, 5.41) is 9.64. The van der Waals surface area contributed by atoms with Gasteiger partial charge >= 0.3 is 5.97 Å². The van der Waals surface area contributed by atoms with E-state index < -0.39 is 5.97 Å². The third-order valence-corrected chi connectivity index (χ3v) is 5.83. The zero-order valence-electron chi connectivity index (χ0n) is 20.3. The van der Waals surface area contributed by atoms with Crippen LogP contribution in [0.15, 0.2) is 36.5 Å². The van der Waals surface area contributed by atoms with E-state index in [4.69, 9.17) is 16.4 Å². The second kappa shape index (κ2) is 11.9. The van der Waals surface area contributed by atoms with Crippen LogP contribution in [0.1, 0.15) is 60.6 Å². The molecule has 0 bridgehead atoms. The fourth-order valence-electron chi connectivity index (χ4n) is 4.09. The fraction of sp³-hybridized carbons (Fsp3) is 0.357. The molecule has 0 radical (unpaired) electrons. The second-order valence-corrected chi connectivity index (χ2v) is 8.65. The number of ketones is 1. The molecule has 3 rings (SSSR count). The number of hydrogen-bond acceptors (Lipinski definition) is 4. The lowest BCUT2D eigenvalue weighted by Gasteiger charge is -2.08. The molecule has 3 aromatic rings. The maximum absolute atomic E-state index is 13.2. The van der Waals surface area contributed by atoms with E-state index in [0.29, 0.717) is 34.4 Å². The number of carboxylic acid groups (broad SMARTS) is 1. The summed E-state index contributed by atoms with van der Waals surface area (Å²) in [6, 6.07) is 9.68. The predicted octanol–water partition coefficient (Wildman–Crippen LogP) is 5.58. The Bertz CT molecular complexity index is 1340. The molecule has 0 saturated heterocycles. The molecule has 1 atom stereocenters. The second-order valence-electron chi connectivity index (χ2n) is 8.65. The molecule has 7 nitrogen and oxygen atoms in total. The normalized spacial score (nSPS) is 11.4. The number of unbranched alkanes of at least 4 members (excludes halogenated alkanes) is 2. The van der Waals surface area contributed by atoms with E-state index in [1.54, 1.807) is 31.7 Å². The SMILES string of the molecule is [C-]#[N+]c1cnc2c(c1)c(C(=O)CC(C)CC(=O)O)c(C#CCCCCc1cccc(OC)c1)n2C. The van der Waals surface area contributed by atoms with Crippen molar-refractivity contribution in [3.05, 3.63) is 64.8 Å². The number of carboxylic acids is 1. The van der Waals surface area contributed by atoms with E-state index >= 15 is 0 Å². The minimum absolute atomic E-state index is 0.0862. The van der Waals surface area contributed by atoms with Gasteiger partial charge in [-0.15, -0.1) is 0 Å². The number of carbonyl (C=O) groups excluding carboxylic acids is 1. The van der Waals surface area contributed by atoms with Gasteiger partial charge in [0.2, 0.25) is 5.69 Å². The standard InChI is InChI=1S/C28H29N3O4/c1-19(15-26(33)34)14-25(32)27-23-17-21(29-2)18-30-28(23)31(3)24(27)13-8-6-5-7-10-20-11-9-12-22(16-20)35-4/h9,11-12,16-19H,5-7,10,14-15H2,1,3-4H3,(H,33,34). The molecule has 35 heavy (non-hydrogen) atoms. The molecule has 7 heteroatoms. The van der Waals surface area contributed by atoms with Crippen LogP contribution < -0.4 is 4.74 Å². The number of pyridine rings is 1. The summed E-state index contributed by atoms with van der Waals surface area (Å²) in [5.74, 6) is 5.76. The van der Waals surface area contributed by atoms with Gasteiger partial charge < -0.3 is 14.4 Å². The lowest BCUT2D eigenvalue weighted by Crippen LogP contribution is -2.11. The Morgan fingerprint density at radius 1 is 1.26 bits per heavy atom. The van der Waals surface area contributed by atoms with Crippen LogP contribution in [0.5, 0.6) is 5.75 Å². The molecular formula is C28H29N3O4. The number of ether oxygens (including phenoxy) is 1. The lowest BCUT2D eigenvalue weighted by atomic mass is 9.95. The van der Waals surface area contributed by atoms with Crippen LogP contribution in [0, 0.1) is 24.3 Å². The number of rotatable bonds is 10. The highest BCUT2D eigenvalue weighted by Crippen LogP contribution is 2.29. The summed E-state index contributed by atoms with van der Waals surface area (Å²) < 4.78 is 7.05. The first kappa shape index (κ1) is 25.5. The molecule has 1 unspecified atom stereocenters. The highest BCUT2D eigenvalue weighted by atomic mass is 16.5. The van der Waals surface area contributed by atoms with Crippen LogP contribution in [0.25, 0.3) is 15.9 Å². The molecule has 2 heterocycles. The monoisotopic (exact) mass is 471 g/mol. The number of methoxy groups -OCH3 is 1. The average Bonchev–Trinajstić information content (AvgIpc) is 3.11. The maximum Gasteiger partial charge on any atom is 0.303 e. The number of nitrogens with zero attached hydrogens (tertiary/aromatic N) is 3. The highest BCUT2D eigenvalue weighted by molar-refractivity contribution is 6.10. The van der Waals surface area contributed by atoms with Crippen molar-refractivity contribution < 1.29 is 19.4 Å². The first-order valence-electron chi connectivity index (χ1n) is 11.6. The van der Waals surface area contributed by atoms with Crippen molar-refractivity contribution in [1.82, 2.24) is 9.55 Å². The maximum atomic E-state index is 13.2. The smallest absolute Gasteiger partial charge is 0.303 e. The number of aliphatic carboxylic acids is 1. The van der Waals surface area contributed by atoms with Crippen molar-refractivity contribution in [3.8, 4) is 17.6 Å². The average molecular weight is 472 g/mol. The molecule has 0 fully saturated rings. The van der Waals surface area contributed by atoms with Gasteiger partial charge in [-0.3, -0.25) is 9.59 Å². The van der Waals surface area contributed by atoms with Gasteiger partial charge in [-0.1, -0.05) is 25.0 Å². The van der Waals surface area contributed by atoms with Gasteiger partial charge in [0.15, 0.2) is 5.78 Å². The van der Waals surface area contributed by atoms with E-state index in [1.807, 2.05) is 18.2 Å². The highest BCUT2D eigenvalue weighted by Gasteiger charge is 2.23. The van der Waals surface area contributed by atoms with E-state index in [9.17, 15) is 9.59 Å². The molecular weight excluding hydrogens is 442 g/mol. The molecule has 0 saturated carbocycles. The van der Waals surface area contributed by atoms with E-state index in [0.717, 1.165) is 25.0 Å². The van der Waals surface area contributed by atoms with Gasteiger partial charge in [0.05, 0.1) is 19.2 Å². The van der Waals surface area contributed by atoms with Crippen molar-refractivity contribution in [2.24, 2.45) is 13.0 Å². The van der Waals surface area contributed by atoms with Crippen molar-refractivity contribution >= 4 is 28.5 Å². The number of aryl methyl sites for hydroxylation is 2. The molecule has 180 valence electrons. The Morgan fingerprint density at radius 3 is 2.77 bits per heavy atom. The summed E-state index contributed by atoms with van der Waals surface area (Å²) in [4.78, 5) is 32.1. The third kappa shape index (κ3) is 6.49. The van der Waals surface area contributed by atoms with Gasteiger partial charge in [-0.2, -0.15) is 0 Å². The van der Waals surface area contributed by atoms with Crippen LogP contribution in [-0.4, -0.2) is 33.5 Å². The zero-order chi connectivity index (χ0) is 25.4. The number of hydrogen-bond donors (Lipinski definition) is 1. The Morgan fingerprint density at radius 2 is 2.06 bits per heavy atom. The van der Waals surface area contributed by atoms with Crippen LogP contribution in [0.2, 0.25) is 0 Å². The van der Waals surface area contributed by atoms with E-state index in [1.165, 1.54) is 11.8 Å². The van der Waals surface area contributed by atoms with Gasteiger partial charge in [0, 0.05) is 37.9 Å². The van der Waals surface area contributed by atoms with Crippen LogP contribution in [0.4, 0.5) is 5.69 Å². The Kier molecular flexibility index (Phi) is 8.64. The molecule has 0 aliphatic heterocycles. The molecule has 0 aliphatic carbocycles. The Hall–Kier alpha value is -4.10. The van der Waals surface area contributed by atoms with Crippen LogP contribution in [-0.2, 0) is 18.3 Å². The summed E-state index contributed by atoms with van der Waals surface area (Å²) in [5.41, 5.74) is 3.11. The number of aromatic nitrogens is 2. The summed E-state index contributed by atoms with van der Waals surface area (Å²) >= 11 is 0. The largest absolute Gasteiger partial charge is 0.497 e. The molecule has 1 N–H and O–H groups in total. The quantitative estimate of drug-likeness (QED) is 0.181. The number of Topliss-reactive ketones (excluding diaryl/α,β-unsaturated/α-hetero) is 1. The number of carbonyl (C=O) groups is 2. The summed E-state index contributed by atoms with van der Waals surface area (Å²) in [7, 11) is 3.46. The molecule has 0 amide bonds. The van der Waals surface area contributed by atoms with Gasteiger partial charge in [-0.05, 0) is 54.9 Å². The number of benzene rings is 1. The van der Waals surface area contributed by atoms with Gasteiger partial charge in [0.25, 0.3) is 0 Å². The van der Waals surface area contributed by atoms with Crippen LogP contribution >= 0.6 is 0 Å². The van der Waals surface area contributed by atoms with Crippen molar-refractivity contribution in [2.75, 3.05) is 7.11 Å². The van der Waals surface area contributed by atoms with Crippen molar-refractivity contribution in [3.63, 3.8) is 0 Å². The van der Waals surface area contributed by atoms with E-state index in [-0.39, 0.29) is 24.5 Å². The lowest BCUT2D eigenvalue weighted by molar-refractivity contribution is -0.137. The zero-order valence-corrected chi connectivity index (χ0v) is 20.3. The van der Waals surface area contributed by atoms with E-state index in [2.05, 4.69) is 27.7 Å². The van der Waals surface area contributed by atoms with Gasteiger partial charge in [0.1, 0.15) is 17.1 Å². The first-order chi connectivity index (χ1) is 16.8. The first-order valence-corrected chi connectivity index (χ1v) is 11.6. The minimum atomic E-state index is -0.936. The van der Waals surface area contributed by atoms with Crippen molar-refractivity contribution in [1.29, 1.82) is 0 Å². The summed E-state index contributed by atoms with van der Waals surface area (Å²) in [6.07, 6.45) is 4.97. The van der Waals surface area contributed by atoms with Gasteiger partial charge in [-0.25, -0.2) is 9.83 Å². The molecule has 0 spiro atoms. The summed E-state index contributed by atoms with van der Waals surface area (Å²) in [6.45, 7) is 9.04. The third-order valence-electron chi connectivity index (χ3n) is 5.83. The fourth-order valence-corrected chi connectivity index (χ4v) is 4.09. The minimum Gasteiger partial charge on any atom is -0.497 e. The van der Waals surface area contributed by atoms with Crippen LogP contribution in [0.3, 0.4) is 0 Å². The topological polar surface area (TPSA) is 85.8 Å². The Balaban J connectivity index is 1.79. The molecule has 2 aromatic heterocycles. The Labute approximate surface area is 205 Å². The van der Waals surface area contributed by atoms with Crippen molar-refractivity contribution in [2.45, 2.75) is 45.4 Å². The molecule has 0 aliphatic rings. The predicted molar refractivity (Wildman–Crippen MR) is 135 cm³/mol. The number of fused-ring (bicyclic) bond motifs is 1. The molecule has 1 aromatic carbocycles.